The summed E-state index contributed by atoms with van der Waals surface area (Å²) in [5.41, 5.74) is 1.92. The molecular formula is C19H16ClN3O2S. The van der Waals surface area contributed by atoms with Gasteiger partial charge in [-0.3, -0.25) is 9.36 Å². The second-order valence-electron chi connectivity index (χ2n) is 5.86. The van der Waals surface area contributed by atoms with Crippen LogP contribution < -0.4 is 24.5 Å². The van der Waals surface area contributed by atoms with Crippen molar-refractivity contribution in [1.82, 2.24) is 4.57 Å². The fourth-order valence-corrected chi connectivity index (χ4v) is 3.87. The van der Waals surface area contributed by atoms with Gasteiger partial charge in [0.05, 0.1) is 11.6 Å². The molecule has 4 rings (SSSR count). The highest BCUT2D eigenvalue weighted by atomic mass is 35.5. The molecule has 0 fully saturated rings. The first-order valence-electron chi connectivity index (χ1n) is 8.04. The summed E-state index contributed by atoms with van der Waals surface area (Å²) in [7, 11) is 1.64. The molecule has 1 aromatic heterocycles. The molecule has 2 heterocycles. The summed E-state index contributed by atoms with van der Waals surface area (Å²) >= 11 is 7.33. The number of rotatable bonds is 3. The Morgan fingerprint density at radius 1 is 1.15 bits per heavy atom. The molecule has 7 heteroatoms. The van der Waals surface area contributed by atoms with E-state index in [9.17, 15) is 4.79 Å². The highest BCUT2D eigenvalue weighted by Crippen LogP contribution is 2.20. The summed E-state index contributed by atoms with van der Waals surface area (Å²) < 4.78 is 7.57. The van der Waals surface area contributed by atoms with Gasteiger partial charge in [0.25, 0.3) is 5.56 Å². The van der Waals surface area contributed by atoms with Gasteiger partial charge in [0.15, 0.2) is 4.80 Å². The van der Waals surface area contributed by atoms with E-state index in [1.54, 1.807) is 11.7 Å². The fraction of sp³-hybridized carbons (Fsp3) is 0.158. The molecule has 0 amide bonds. The van der Waals surface area contributed by atoms with Gasteiger partial charge in [0, 0.05) is 10.7 Å². The Morgan fingerprint density at radius 2 is 1.88 bits per heavy atom. The number of methoxy groups -OCH3 is 1. The Bertz CT molecular complexity index is 1100. The normalized spacial score (nSPS) is 14.1. The van der Waals surface area contributed by atoms with Gasteiger partial charge >= 0.3 is 0 Å². The molecular weight excluding hydrogens is 370 g/mol. The number of fused-ring (bicyclic) bond motifs is 1. The summed E-state index contributed by atoms with van der Waals surface area (Å²) in [6.45, 7) is 1.00. The number of thiazole rings is 1. The minimum absolute atomic E-state index is 0.0260. The molecule has 26 heavy (non-hydrogen) atoms. The summed E-state index contributed by atoms with van der Waals surface area (Å²) in [6, 6.07) is 15.2. The Labute approximate surface area is 159 Å². The molecule has 5 nitrogen and oxygen atoms in total. The lowest BCUT2D eigenvalue weighted by Gasteiger charge is -2.25. The Morgan fingerprint density at radius 3 is 2.58 bits per heavy atom. The molecule has 2 aromatic carbocycles. The first-order chi connectivity index (χ1) is 12.6. The highest BCUT2D eigenvalue weighted by Gasteiger charge is 2.16. The van der Waals surface area contributed by atoms with Crippen LogP contribution in [0.4, 0.5) is 5.69 Å². The Balaban J connectivity index is 1.67. The molecule has 0 aliphatic carbocycles. The van der Waals surface area contributed by atoms with E-state index in [-0.39, 0.29) is 5.56 Å². The zero-order chi connectivity index (χ0) is 18.1. The van der Waals surface area contributed by atoms with E-state index in [0.29, 0.717) is 22.9 Å². The van der Waals surface area contributed by atoms with Gasteiger partial charge < -0.3 is 9.64 Å². The average molecular weight is 386 g/mol. The van der Waals surface area contributed by atoms with Crippen LogP contribution >= 0.6 is 22.9 Å². The Hall–Kier alpha value is -2.57. The maximum Gasteiger partial charge on any atom is 0.271 e. The monoisotopic (exact) mass is 385 g/mol. The van der Waals surface area contributed by atoms with Gasteiger partial charge in [-0.25, -0.2) is 4.99 Å². The molecule has 0 N–H and O–H groups in total. The summed E-state index contributed by atoms with van der Waals surface area (Å²) in [4.78, 5) is 20.1. The maximum atomic E-state index is 12.8. The SMILES string of the molecule is COc1ccc(N2CN=c3s/c(=C/c4ccc(Cl)cc4)c(=O)n3C2)cc1. The van der Waals surface area contributed by atoms with E-state index in [2.05, 4.69) is 4.99 Å². The van der Waals surface area contributed by atoms with Crippen LogP contribution in [0.5, 0.6) is 5.75 Å². The Kier molecular flexibility index (Phi) is 4.53. The first kappa shape index (κ1) is 16.9. The minimum atomic E-state index is -0.0260. The molecule has 0 saturated heterocycles. The van der Waals surface area contributed by atoms with Crippen LogP contribution in [0.2, 0.25) is 5.02 Å². The standard InChI is InChI=1S/C19H16ClN3O2S/c1-25-16-8-6-15(7-9-16)22-11-21-19-23(12-22)18(24)17(26-19)10-13-2-4-14(20)5-3-13/h2-10H,11-12H2,1H3/b17-10+. The molecule has 1 aliphatic rings. The van der Waals surface area contributed by atoms with Crippen LogP contribution in [0.1, 0.15) is 5.56 Å². The summed E-state index contributed by atoms with van der Waals surface area (Å²) in [6.07, 6.45) is 1.88. The van der Waals surface area contributed by atoms with Crippen LogP contribution in [-0.2, 0) is 6.67 Å². The van der Waals surface area contributed by atoms with Gasteiger partial charge in [-0.15, -0.1) is 0 Å². The van der Waals surface area contributed by atoms with Crippen molar-refractivity contribution in [2.24, 2.45) is 4.99 Å². The molecule has 0 bridgehead atoms. The van der Waals surface area contributed by atoms with Gasteiger partial charge in [-0.1, -0.05) is 35.1 Å². The lowest BCUT2D eigenvalue weighted by Crippen LogP contribution is -2.42. The quantitative estimate of drug-likeness (QED) is 0.695. The molecule has 3 aromatic rings. The van der Waals surface area contributed by atoms with E-state index >= 15 is 0 Å². The molecule has 0 saturated carbocycles. The topological polar surface area (TPSA) is 46.8 Å². The predicted molar refractivity (Wildman–Crippen MR) is 105 cm³/mol. The van der Waals surface area contributed by atoms with Gasteiger partial charge in [-0.2, -0.15) is 0 Å². The zero-order valence-corrected chi connectivity index (χ0v) is 15.6. The predicted octanol–water partition coefficient (Wildman–Crippen LogP) is 2.46. The second-order valence-corrected chi connectivity index (χ2v) is 7.30. The lowest BCUT2D eigenvalue weighted by molar-refractivity contribution is 0.414. The van der Waals surface area contributed by atoms with Crippen molar-refractivity contribution in [3.8, 4) is 5.75 Å². The highest BCUT2D eigenvalue weighted by molar-refractivity contribution is 7.07. The van der Waals surface area contributed by atoms with E-state index in [1.165, 1.54) is 11.3 Å². The van der Waals surface area contributed by atoms with Crippen LogP contribution in [0.3, 0.4) is 0 Å². The number of hydrogen-bond donors (Lipinski definition) is 0. The van der Waals surface area contributed by atoms with Crippen LogP contribution in [0.15, 0.2) is 58.3 Å². The van der Waals surface area contributed by atoms with Crippen molar-refractivity contribution in [1.29, 1.82) is 0 Å². The molecule has 1 aliphatic heterocycles. The number of nitrogens with zero attached hydrogens (tertiary/aromatic N) is 3. The third kappa shape index (κ3) is 3.25. The van der Waals surface area contributed by atoms with Crippen molar-refractivity contribution >= 4 is 34.7 Å². The van der Waals surface area contributed by atoms with Gasteiger partial charge in [-0.05, 0) is 48.0 Å². The third-order valence-corrected chi connectivity index (χ3v) is 5.48. The van der Waals surface area contributed by atoms with Crippen molar-refractivity contribution in [2.75, 3.05) is 18.7 Å². The molecule has 0 atom stereocenters. The number of benzene rings is 2. The van der Waals surface area contributed by atoms with E-state index in [4.69, 9.17) is 16.3 Å². The number of hydrogen-bond acceptors (Lipinski definition) is 5. The molecule has 132 valence electrons. The van der Waals surface area contributed by atoms with Crippen LogP contribution in [0.25, 0.3) is 6.08 Å². The number of anilines is 1. The number of aromatic nitrogens is 1. The first-order valence-corrected chi connectivity index (χ1v) is 9.24. The van der Waals surface area contributed by atoms with Gasteiger partial charge in [0.1, 0.15) is 19.1 Å². The van der Waals surface area contributed by atoms with Gasteiger partial charge in [0.2, 0.25) is 0 Å². The third-order valence-electron chi connectivity index (χ3n) is 4.18. The smallest absolute Gasteiger partial charge is 0.271 e. The van der Waals surface area contributed by atoms with Crippen molar-refractivity contribution < 1.29 is 4.74 Å². The molecule has 0 spiro atoms. The van der Waals surface area contributed by atoms with E-state index in [0.717, 1.165) is 21.8 Å². The number of halogens is 1. The molecule has 0 unspecified atom stereocenters. The zero-order valence-electron chi connectivity index (χ0n) is 14.1. The molecule has 0 radical (unpaired) electrons. The fourth-order valence-electron chi connectivity index (χ4n) is 2.78. The summed E-state index contributed by atoms with van der Waals surface area (Å²) in [5.74, 6) is 0.802. The van der Waals surface area contributed by atoms with Crippen LogP contribution in [0, 0.1) is 0 Å². The van der Waals surface area contributed by atoms with Crippen molar-refractivity contribution in [2.45, 2.75) is 6.67 Å². The van der Waals surface area contributed by atoms with Crippen molar-refractivity contribution in [3.63, 3.8) is 0 Å². The lowest BCUT2D eigenvalue weighted by atomic mass is 10.2. The summed E-state index contributed by atoms with van der Waals surface area (Å²) in [5, 5.41) is 0.675. The van der Waals surface area contributed by atoms with Crippen LogP contribution in [-0.4, -0.2) is 18.3 Å². The average Bonchev–Trinajstić information content (AvgIpc) is 2.99. The van der Waals surface area contributed by atoms with E-state index < -0.39 is 0 Å². The van der Waals surface area contributed by atoms with E-state index in [1.807, 2.05) is 59.5 Å². The minimum Gasteiger partial charge on any atom is -0.497 e. The van der Waals surface area contributed by atoms with Crippen molar-refractivity contribution in [3.05, 3.63) is 78.8 Å². The second kappa shape index (κ2) is 6.97. The largest absolute Gasteiger partial charge is 0.497 e. The number of ether oxygens (including phenoxy) is 1. The maximum absolute atomic E-state index is 12.8.